The Morgan fingerprint density at radius 2 is 0.579 bits per heavy atom. The predicted octanol–water partition coefficient (Wildman–Crippen LogP) is 17.8. The lowest BCUT2D eigenvalue weighted by Gasteiger charge is -2.42. The second-order valence-electron chi connectivity index (χ2n) is 26.3. The third-order valence-electron chi connectivity index (χ3n) is 12.2. The van der Waals surface area contributed by atoms with E-state index in [1.54, 1.807) is 22.3 Å². The van der Waals surface area contributed by atoms with Crippen LogP contribution in [0.2, 0.25) is 157 Å². The molecule has 3 rings (SSSR count). The minimum Gasteiger partial charge on any atom is -0.0727 e. The Bertz CT molecular complexity index is 1680. The van der Waals surface area contributed by atoms with E-state index in [-0.39, 0.29) is 0 Å². The largest absolute Gasteiger partial charge is 0.118 e. The van der Waals surface area contributed by atoms with Gasteiger partial charge >= 0.3 is 0 Å². The van der Waals surface area contributed by atoms with Gasteiger partial charge in [0.15, 0.2) is 0 Å². The maximum Gasteiger partial charge on any atom is 0.118 e. The predicted molar refractivity (Wildman–Crippen MR) is 293 cm³/mol. The van der Waals surface area contributed by atoms with Gasteiger partial charge in [-0.3, -0.25) is 0 Å². The fourth-order valence-corrected chi connectivity index (χ4v) is 65.6. The van der Waals surface area contributed by atoms with E-state index < -0.39 is 71.2 Å². The van der Waals surface area contributed by atoms with E-state index in [0.29, 0.717) is 20.7 Å². The molecule has 0 aliphatic heterocycles. The highest BCUT2D eigenvalue weighted by Crippen LogP contribution is 2.54. The first-order chi connectivity index (χ1) is 25.2. The first-order valence-electron chi connectivity index (χ1n) is 21.7. The molecule has 0 spiro atoms. The molecule has 0 N–H and O–H groups in total. The van der Waals surface area contributed by atoms with Crippen LogP contribution in [-0.4, -0.2) is 64.6 Å². The first kappa shape index (κ1) is 51.8. The normalized spacial score (nSPS) is 14.6. The summed E-state index contributed by atoms with van der Waals surface area (Å²) in [6.07, 6.45) is 0. The number of benzene rings is 3. The zero-order valence-electron chi connectivity index (χ0n) is 41.2. The van der Waals surface area contributed by atoms with E-state index in [9.17, 15) is 0 Å². The van der Waals surface area contributed by atoms with E-state index in [1.165, 1.54) is 27.6 Å². The summed E-state index contributed by atoms with van der Waals surface area (Å²) in [5, 5.41) is 3.66. The van der Waals surface area contributed by atoms with Crippen LogP contribution < -0.4 is 5.30 Å². The van der Waals surface area contributed by atoms with Crippen LogP contribution in [0.1, 0.15) is 42.9 Å². The van der Waals surface area contributed by atoms with Crippen LogP contribution in [0.5, 0.6) is 0 Å². The number of halogens is 2. The van der Waals surface area contributed by atoms with Gasteiger partial charge in [-0.25, -0.2) is 0 Å². The van der Waals surface area contributed by atoms with Gasteiger partial charge in [0.05, 0.1) is 0 Å². The molecule has 0 amide bonds. The molecular weight excluding hydrogens is 879 g/mol. The molecule has 3 aromatic rings. The molecular formula is C46H85Cl2PSi8. The van der Waals surface area contributed by atoms with Gasteiger partial charge in [-0.15, -0.1) is 0 Å². The average molecular weight is 965 g/mol. The lowest BCUT2D eigenvalue weighted by molar-refractivity contribution is 1.14. The van der Waals surface area contributed by atoms with Gasteiger partial charge < -0.3 is 0 Å². The third-order valence-corrected chi connectivity index (χ3v) is 51.2. The van der Waals surface area contributed by atoms with Crippen molar-refractivity contribution in [1.82, 2.24) is 0 Å². The molecule has 0 fully saturated rings. The van der Waals surface area contributed by atoms with Crippen molar-refractivity contribution in [2.24, 2.45) is 0 Å². The summed E-state index contributed by atoms with van der Waals surface area (Å²) in [5.74, 6) is 0. The lowest BCUT2D eigenvalue weighted by atomic mass is 9.92. The Morgan fingerprint density at radius 1 is 0.333 bits per heavy atom. The van der Waals surface area contributed by atoms with Crippen molar-refractivity contribution in [2.45, 2.75) is 178 Å². The summed E-state index contributed by atoms with van der Waals surface area (Å²) in [5.41, 5.74) is 11.6. The molecule has 11 heteroatoms. The van der Waals surface area contributed by atoms with Crippen molar-refractivity contribution in [1.29, 1.82) is 0 Å². The minimum atomic E-state index is -1.65. The molecule has 320 valence electrons. The molecule has 0 nitrogen and oxygen atoms in total. The van der Waals surface area contributed by atoms with Gasteiger partial charge in [0, 0.05) is 69.9 Å². The fourth-order valence-electron chi connectivity index (χ4n) is 12.7. The van der Waals surface area contributed by atoms with Crippen LogP contribution in [0, 0.1) is 0 Å². The second kappa shape index (κ2) is 17.5. The Morgan fingerprint density at radius 3 is 0.789 bits per heavy atom. The summed E-state index contributed by atoms with van der Waals surface area (Å²) in [7, 11) is -12.9. The molecule has 0 aliphatic carbocycles. The molecule has 3 aromatic carbocycles. The van der Waals surface area contributed by atoms with Crippen LogP contribution in [0.15, 0.2) is 54.6 Å². The summed E-state index contributed by atoms with van der Waals surface area (Å²) in [6, 6.07) is 22.9. The van der Waals surface area contributed by atoms with Gasteiger partial charge in [-0.1, -0.05) is 234 Å². The summed E-state index contributed by atoms with van der Waals surface area (Å²) in [4.78, 5) is 0. The Balaban J connectivity index is 2.74. The molecule has 0 bridgehead atoms. The minimum absolute atomic E-state index is 0.593. The van der Waals surface area contributed by atoms with E-state index in [2.05, 4.69) is 212 Å². The van der Waals surface area contributed by atoms with Crippen molar-refractivity contribution in [3.05, 3.63) is 76.9 Å². The van der Waals surface area contributed by atoms with Gasteiger partial charge in [0.25, 0.3) is 0 Å². The van der Waals surface area contributed by atoms with Gasteiger partial charge in [-0.2, -0.15) is 0 Å². The van der Waals surface area contributed by atoms with Gasteiger partial charge in [0.2, 0.25) is 0 Å². The topological polar surface area (TPSA) is 0 Å². The standard InChI is InChI=1S/C46H85Cl2PSi8/c1-50(2,3)43(51(4,5)6)34-28-30-38(45(54(13,14)15)55(16,17)18)40(32-34)36-26-25-27-37(42(36)49(47)48)41-33-35(44(52(7,8)9)53(10,11)12)29-31-39(41)46(56(19,20)21)57(22,23)24/h25-33,43-46H,1-24H3. The molecule has 0 atom stereocenters. The molecule has 0 heterocycles. The Hall–Kier alpha value is 0.405. The highest BCUT2D eigenvalue weighted by atomic mass is 35.9. The molecule has 57 heavy (non-hydrogen) atoms. The molecule has 0 unspecified atom stereocenters. The fraction of sp³-hybridized carbons (Fsp3) is 0.609. The smallest absolute Gasteiger partial charge is 0.0727 e. The van der Waals surface area contributed by atoms with Crippen LogP contribution in [0.25, 0.3) is 22.3 Å². The maximum absolute atomic E-state index is 7.52. The highest BCUT2D eigenvalue weighted by molar-refractivity contribution is 8.09. The monoisotopic (exact) mass is 962 g/mol. The van der Waals surface area contributed by atoms with E-state index in [4.69, 9.17) is 22.5 Å². The van der Waals surface area contributed by atoms with Gasteiger partial charge in [-0.05, 0) is 65.2 Å². The van der Waals surface area contributed by atoms with E-state index in [1.807, 2.05) is 0 Å². The molecule has 0 saturated heterocycles. The van der Waals surface area contributed by atoms with Crippen LogP contribution in [0.4, 0.5) is 0 Å². The van der Waals surface area contributed by atoms with Crippen LogP contribution in [-0.2, 0) is 0 Å². The number of rotatable bonds is 15. The van der Waals surface area contributed by atoms with Crippen molar-refractivity contribution in [3.8, 4) is 22.3 Å². The molecule has 0 aliphatic rings. The van der Waals surface area contributed by atoms with E-state index in [0.717, 1.165) is 0 Å². The van der Waals surface area contributed by atoms with Crippen molar-refractivity contribution < 1.29 is 0 Å². The van der Waals surface area contributed by atoms with Crippen molar-refractivity contribution in [3.63, 3.8) is 0 Å². The lowest BCUT2D eigenvalue weighted by Crippen LogP contribution is -2.47. The third kappa shape index (κ3) is 12.3. The van der Waals surface area contributed by atoms with Crippen LogP contribution >= 0.6 is 29.1 Å². The number of hydrogen-bond donors (Lipinski definition) is 0. The zero-order valence-corrected chi connectivity index (χ0v) is 51.6. The molecule has 0 radical (unpaired) electrons. The number of hydrogen-bond acceptors (Lipinski definition) is 0. The summed E-state index contributed by atoms with van der Waals surface area (Å²) < 4.78 is 0. The van der Waals surface area contributed by atoms with Crippen molar-refractivity contribution in [2.75, 3.05) is 0 Å². The van der Waals surface area contributed by atoms with Gasteiger partial charge in [0.1, 0.15) is 6.63 Å². The zero-order chi connectivity index (χ0) is 44.4. The average Bonchev–Trinajstić information content (AvgIpc) is 2.92. The summed E-state index contributed by atoms with van der Waals surface area (Å²) in [6.45, 7) is 60.9. The van der Waals surface area contributed by atoms with Crippen LogP contribution in [0.3, 0.4) is 0 Å². The SMILES string of the molecule is C[Si](C)(C)C(c1ccc(C([Si](C)(C)C)[Si](C)(C)C)c(-c2cccc(-c3cc(C([Si](C)(C)C)[Si](C)(C)C)ccc3C([Si](C)(C)C)[Si](C)(C)C)c2P(Cl)Cl)c1)[Si](C)(C)C. The maximum atomic E-state index is 7.52. The molecule has 0 saturated carbocycles. The summed E-state index contributed by atoms with van der Waals surface area (Å²) >= 11 is 15.0. The first-order valence-corrected chi connectivity index (χ1v) is 53.5. The molecule has 0 aromatic heterocycles. The highest BCUT2D eigenvalue weighted by Gasteiger charge is 2.45. The quantitative estimate of drug-likeness (QED) is 0.105. The van der Waals surface area contributed by atoms with E-state index >= 15 is 0 Å². The van der Waals surface area contributed by atoms with Crippen molar-refractivity contribution >= 4 is 99.0 Å². The second-order valence-corrected chi connectivity index (χ2v) is 74.5. The Kier molecular flexibility index (Phi) is 15.9. The Labute approximate surface area is 373 Å².